The van der Waals surface area contributed by atoms with Crippen LogP contribution >= 0.6 is 0 Å². The summed E-state index contributed by atoms with van der Waals surface area (Å²) in [7, 11) is -3.33. The third-order valence-electron chi connectivity index (χ3n) is 4.17. The van der Waals surface area contributed by atoms with Gasteiger partial charge in [-0.3, -0.25) is 4.79 Å². The highest BCUT2D eigenvalue weighted by molar-refractivity contribution is 7.90. The van der Waals surface area contributed by atoms with E-state index in [1.165, 1.54) is 29.7 Å². The summed E-state index contributed by atoms with van der Waals surface area (Å²) in [4.78, 5) is 12.6. The normalized spacial score (nSPS) is 14.1. The van der Waals surface area contributed by atoms with E-state index in [4.69, 9.17) is 0 Å². The van der Waals surface area contributed by atoms with Gasteiger partial charge in [-0.1, -0.05) is 18.2 Å². The SMILES string of the molecule is CS(=O)(=O)c1cccc(C(=O)Nc2cccc3c2CCCC3)c1. The van der Waals surface area contributed by atoms with E-state index in [0.29, 0.717) is 5.56 Å². The van der Waals surface area contributed by atoms with Crippen LogP contribution in [0.15, 0.2) is 47.4 Å². The monoisotopic (exact) mass is 329 g/mol. The predicted octanol–water partition coefficient (Wildman–Crippen LogP) is 3.22. The fourth-order valence-electron chi connectivity index (χ4n) is 2.96. The Bertz CT molecular complexity index is 856. The highest BCUT2D eigenvalue weighted by Gasteiger charge is 2.16. The van der Waals surface area contributed by atoms with Crippen LogP contribution in [0.5, 0.6) is 0 Å². The van der Waals surface area contributed by atoms with Gasteiger partial charge in [-0.05, 0) is 61.1 Å². The topological polar surface area (TPSA) is 63.2 Å². The van der Waals surface area contributed by atoms with Gasteiger partial charge in [0.1, 0.15) is 0 Å². The Hall–Kier alpha value is -2.14. The average Bonchev–Trinajstić information content (AvgIpc) is 2.54. The van der Waals surface area contributed by atoms with E-state index in [1.54, 1.807) is 12.1 Å². The van der Waals surface area contributed by atoms with Crippen LogP contribution in [0, 0.1) is 0 Å². The van der Waals surface area contributed by atoms with Crippen molar-refractivity contribution < 1.29 is 13.2 Å². The fraction of sp³-hybridized carbons (Fsp3) is 0.278. The Morgan fingerprint density at radius 2 is 1.78 bits per heavy atom. The molecule has 0 fully saturated rings. The van der Waals surface area contributed by atoms with Crippen molar-refractivity contribution in [3.05, 3.63) is 59.2 Å². The number of fused-ring (bicyclic) bond motifs is 1. The number of nitrogens with one attached hydrogen (secondary N) is 1. The number of hydrogen-bond donors (Lipinski definition) is 1. The molecule has 23 heavy (non-hydrogen) atoms. The van der Waals surface area contributed by atoms with E-state index in [-0.39, 0.29) is 10.8 Å². The first-order valence-corrected chi connectivity index (χ1v) is 9.56. The lowest BCUT2D eigenvalue weighted by Gasteiger charge is -2.19. The molecular weight excluding hydrogens is 310 g/mol. The van der Waals surface area contributed by atoms with Crippen LogP contribution in [0.2, 0.25) is 0 Å². The van der Waals surface area contributed by atoms with E-state index < -0.39 is 9.84 Å². The number of benzene rings is 2. The molecule has 0 unspecified atom stereocenters. The lowest BCUT2D eigenvalue weighted by molar-refractivity contribution is 0.102. The first-order chi connectivity index (χ1) is 10.9. The van der Waals surface area contributed by atoms with Crippen LogP contribution < -0.4 is 5.32 Å². The largest absolute Gasteiger partial charge is 0.322 e. The maximum atomic E-state index is 12.5. The van der Waals surface area contributed by atoms with Gasteiger partial charge < -0.3 is 5.32 Å². The summed E-state index contributed by atoms with van der Waals surface area (Å²) < 4.78 is 23.3. The number of hydrogen-bond acceptors (Lipinski definition) is 3. The lowest BCUT2D eigenvalue weighted by atomic mass is 9.90. The van der Waals surface area contributed by atoms with Gasteiger partial charge in [0.2, 0.25) is 0 Å². The minimum atomic E-state index is -3.33. The molecule has 1 N–H and O–H groups in total. The highest BCUT2D eigenvalue weighted by atomic mass is 32.2. The summed E-state index contributed by atoms with van der Waals surface area (Å²) in [6.07, 6.45) is 5.46. The number of carbonyl (C=O) groups is 1. The number of sulfone groups is 1. The quantitative estimate of drug-likeness (QED) is 0.940. The maximum absolute atomic E-state index is 12.5. The van der Waals surface area contributed by atoms with E-state index in [0.717, 1.165) is 31.2 Å². The molecule has 0 spiro atoms. The molecule has 0 saturated carbocycles. The molecule has 2 aromatic rings. The van der Waals surface area contributed by atoms with Crippen LogP contribution in [0.4, 0.5) is 5.69 Å². The molecule has 0 aliphatic heterocycles. The standard InChI is InChI=1S/C18H19NO3S/c1-23(21,22)15-9-4-8-14(12-15)18(20)19-17-11-5-7-13-6-2-3-10-16(13)17/h4-5,7-9,11-12H,2-3,6,10H2,1H3,(H,19,20). The number of amides is 1. The molecule has 120 valence electrons. The van der Waals surface area contributed by atoms with Crippen molar-refractivity contribution in [3.63, 3.8) is 0 Å². The first kappa shape index (κ1) is 15.7. The Labute approximate surface area is 136 Å². The molecule has 2 aromatic carbocycles. The number of rotatable bonds is 3. The van der Waals surface area contributed by atoms with Crippen LogP contribution in [0.25, 0.3) is 0 Å². The molecule has 3 rings (SSSR count). The highest BCUT2D eigenvalue weighted by Crippen LogP contribution is 2.28. The van der Waals surface area contributed by atoms with Gasteiger partial charge >= 0.3 is 0 Å². The second kappa shape index (κ2) is 6.16. The molecule has 5 heteroatoms. The smallest absolute Gasteiger partial charge is 0.255 e. The van der Waals surface area contributed by atoms with E-state index in [2.05, 4.69) is 11.4 Å². The summed E-state index contributed by atoms with van der Waals surface area (Å²) in [5.41, 5.74) is 3.67. The van der Waals surface area contributed by atoms with Crippen LogP contribution in [0.1, 0.15) is 34.3 Å². The number of anilines is 1. The summed E-state index contributed by atoms with van der Waals surface area (Å²) in [6, 6.07) is 12.1. The van der Waals surface area contributed by atoms with E-state index >= 15 is 0 Å². The Morgan fingerprint density at radius 1 is 1.04 bits per heavy atom. The van der Waals surface area contributed by atoms with Gasteiger partial charge in [0.15, 0.2) is 9.84 Å². The van der Waals surface area contributed by atoms with Gasteiger partial charge in [0, 0.05) is 17.5 Å². The van der Waals surface area contributed by atoms with Crippen molar-refractivity contribution in [2.24, 2.45) is 0 Å². The Kier molecular flexibility index (Phi) is 4.22. The zero-order valence-corrected chi connectivity index (χ0v) is 13.8. The van der Waals surface area contributed by atoms with Gasteiger partial charge in [-0.15, -0.1) is 0 Å². The molecule has 1 aliphatic rings. The minimum absolute atomic E-state index is 0.153. The Balaban J connectivity index is 1.88. The summed E-state index contributed by atoms with van der Waals surface area (Å²) in [6.45, 7) is 0. The second-order valence-electron chi connectivity index (χ2n) is 5.90. The minimum Gasteiger partial charge on any atom is -0.322 e. The van der Waals surface area contributed by atoms with Crippen molar-refractivity contribution >= 4 is 21.4 Å². The van der Waals surface area contributed by atoms with Crippen molar-refractivity contribution in [1.82, 2.24) is 0 Å². The van der Waals surface area contributed by atoms with Gasteiger partial charge in [0.05, 0.1) is 4.90 Å². The van der Waals surface area contributed by atoms with Crippen LogP contribution in [-0.2, 0) is 22.7 Å². The zero-order valence-electron chi connectivity index (χ0n) is 13.0. The number of carbonyl (C=O) groups excluding carboxylic acids is 1. The summed E-state index contributed by atoms with van der Waals surface area (Å²) in [5, 5.41) is 2.93. The predicted molar refractivity (Wildman–Crippen MR) is 90.6 cm³/mol. The van der Waals surface area contributed by atoms with Crippen LogP contribution in [-0.4, -0.2) is 20.6 Å². The average molecular weight is 329 g/mol. The van der Waals surface area contributed by atoms with E-state index in [1.807, 2.05) is 12.1 Å². The van der Waals surface area contributed by atoms with E-state index in [9.17, 15) is 13.2 Å². The molecule has 0 atom stereocenters. The third kappa shape index (κ3) is 3.45. The molecule has 0 heterocycles. The summed E-state index contributed by atoms with van der Waals surface area (Å²) >= 11 is 0. The van der Waals surface area contributed by atoms with Gasteiger partial charge in [0.25, 0.3) is 5.91 Å². The Morgan fingerprint density at radius 3 is 2.57 bits per heavy atom. The van der Waals surface area contributed by atoms with Crippen LogP contribution in [0.3, 0.4) is 0 Å². The maximum Gasteiger partial charge on any atom is 0.255 e. The molecule has 0 aromatic heterocycles. The molecule has 0 bridgehead atoms. The molecular formula is C18H19NO3S. The fourth-order valence-corrected chi connectivity index (χ4v) is 3.63. The van der Waals surface area contributed by atoms with Crippen molar-refractivity contribution in [2.75, 3.05) is 11.6 Å². The molecule has 0 radical (unpaired) electrons. The number of aryl methyl sites for hydroxylation is 1. The summed E-state index contributed by atoms with van der Waals surface area (Å²) in [5.74, 6) is -0.283. The van der Waals surface area contributed by atoms with Gasteiger partial charge in [-0.2, -0.15) is 0 Å². The van der Waals surface area contributed by atoms with Crippen molar-refractivity contribution in [3.8, 4) is 0 Å². The molecule has 0 saturated heterocycles. The van der Waals surface area contributed by atoms with Crippen molar-refractivity contribution in [1.29, 1.82) is 0 Å². The first-order valence-electron chi connectivity index (χ1n) is 7.67. The zero-order chi connectivity index (χ0) is 16.4. The third-order valence-corrected chi connectivity index (χ3v) is 5.28. The molecule has 4 nitrogen and oxygen atoms in total. The van der Waals surface area contributed by atoms with Crippen molar-refractivity contribution in [2.45, 2.75) is 30.6 Å². The molecule has 1 amide bonds. The molecule has 1 aliphatic carbocycles. The second-order valence-corrected chi connectivity index (χ2v) is 7.92. The lowest BCUT2D eigenvalue weighted by Crippen LogP contribution is -2.16. The van der Waals surface area contributed by atoms with Gasteiger partial charge in [-0.25, -0.2) is 8.42 Å².